The molecule has 0 aromatic heterocycles. The van der Waals surface area contributed by atoms with Gasteiger partial charge in [0.15, 0.2) is 0 Å². The van der Waals surface area contributed by atoms with Crippen LogP contribution < -0.4 is 0 Å². The van der Waals surface area contributed by atoms with Crippen LogP contribution in [0.1, 0.15) is 32.6 Å². The topological polar surface area (TPSA) is 12.5 Å². The van der Waals surface area contributed by atoms with E-state index in [0.717, 1.165) is 19.8 Å². The predicted octanol–water partition coefficient (Wildman–Crippen LogP) is 2.50. The van der Waals surface area contributed by atoms with Crippen molar-refractivity contribution in [3.05, 3.63) is 0 Å². The van der Waals surface area contributed by atoms with Gasteiger partial charge < -0.3 is 4.74 Å². The number of rotatable bonds is 5. The molecule has 0 bridgehead atoms. The molecule has 2 nitrogen and oxygen atoms in total. The van der Waals surface area contributed by atoms with Gasteiger partial charge in [0.05, 0.1) is 6.61 Å². The van der Waals surface area contributed by atoms with Crippen molar-refractivity contribution in [3.63, 3.8) is 0 Å². The molecular formula is C11H22ClNO. The van der Waals surface area contributed by atoms with E-state index in [1.165, 1.54) is 25.7 Å². The second kappa shape index (κ2) is 6.65. The third-order valence-electron chi connectivity index (χ3n) is 3.01. The summed E-state index contributed by atoms with van der Waals surface area (Å²) in [6.45, 7) is 4.67. The highest BCUT2D eigenvalue weighted by molar-refractivity contribution is 6.21. The van der Waals surface area contributed by atoms with Gasteiger partial charge in [0.25, 0.3) is 0 Å². The van der Waals surface area contributed by atoms with Gasteiger partial charge in [0.1, 0.15) is 0 Å². The smallest absolute Gasteiger partial charge is 0.0593 e. The van der Waals surface area contributed by atoms with Crippen LogP contribution in [0.3, 0.4) is 0 Å². The van der Waals surface area contributed by atoms with E-state index in [1.807, 2.05) is 6.92 Å². The molecule has 2 unspecified atom stereocenters. The minimum Gasteiger partial charge on any atom is -0.380 e. The molecule has 0 radical (unpaired) electrons. The Kier molecular flexibility index (Phi) is 5.83. The van der Waals surface area contributed by atoms with Crippen LogP contribution in [-0.2, 0) is 4.74 Å². The van der Waals surface area contributed by atoms with Crippen molar-refractivity contribution in [2.24, 2.45) is 0 Å². The first-order valence-corrected chi connectivity index (χ1v) is 6.11. The zero-order chi connectivity index (χ0) is 10.4. The molecule has 0 aromatic carbocycles. The summed E-state index contributed by atoms with van der Waals surface area (Å²) >= 11 is 6.31. The number of halogens is 1. The highest BCUT2D eigenvalue weighted by atomic mass is 35.5. The molecule has 3 heteroatoms. The third kappa shape index (κ3) is 3.76. The number of alkyl halides is 1. The van der Waals surface area contributed by atoms with E-state index in [2.05, 4.69) is 11.9 Å². The van der Waals surface area contributed by atoms with Gasteiger partial charge in [-0.25, -0.2) is 0 Å². The van der Waals surface area contributed by atoms with Crippen LogP contribution >= 0.6 is 11.6 Å². The second-order valence-corrected chi connectivity index (χ2v) is 4.61. The Morgan fingerprint density at radius 3 is 2.71 bits per heavy atom. The Bertz CT molecular complexity index is 154. The molecule has 1 aliphatic rings. The van der Waals surface area contributed by atoms with Gasteiger partial charge in [0.2, 0.25) is 0 Å². The first-order chi connectivity index (χ1) is 6.75. The van der Waals surface area contributed by atoms with E-state index < -0.39 is 0 Å². The summed E-state index contributed by atoms with van der Waals surface area (Å²) in [6.07, 6.45) is 5.04. The number of ether oxygens (including phenoxy) is 1. The van der Waals surface area contributed by atoms with Gasteiger partial charge >= 0.3 is 0 Å². The first-order valence-electron chi connectivity index (χ1n) is 5.67. The molecule has 1 fully saturated rings. The standard InChI is InChI=1S/C11H22ClNO/c1-3-14-9-8-13(2)11-7-5-4-6-10(11)12/h10-11H,3-9H2,1-2H3. The quantitative estimate of drug-likeness (QED) is 0.521. The van der Waals surface area contributed by atoms with Gasteiger partial charge in [-0.3, -0.25) is 4.90 Å². The maximum atomic E-state index is 6.31. The van der Waals surface area contributed by atoms with E-state index in [-0.39, 0.29) is 0 Å². The van der Waals surface area contributed by atoms with Crippen LogP contribution in [0.4, 0.5) is 0 Å². The molecule has 0 amide bonds. The minimum atomic E-state index is 0.343. The molecule has 0 aromatic rings. The Hall–Kier alpha value is 0.210. The number of hydrogen-bond acceptors (Lipinski definition) is 2. The van der Waals surface area contributed by atoms with Crippen molar-refractivity contribution in [3.8, 4) is 0 Å². The highest BCUT2D eigenvalue weighted by Crippen LogP contribution is 2.26. The fourth-order valence-corrected chi connectivity index (χ4v) is 2.55. The lowest BCUT2D eigenvalue weighted by molar-refractivity contribution is 0.0986. The maximum absolute atomic E-state index is 6.31. The van der Waals surface area contributed by atoms with Crippen molar-refractivity contribution < 1.29 is 4.74 Å². The van der Waals surface area contributed by atoms with Gasteiger partial charge in [-0.15, -0.1) is 11.6 Å². The molecule has 0 N–H and O–H groups in total. The van der Waals surface area contributed by atoms with Crippen LogP contribution in [0.15, 0.2) is 0 Å². The summed E-state index contributed by atoms with van der Waals surface area (Å²) in [7, 11) is 2.16. The van der Waals surface area contributed by atoms with Gasteiger partial charge in [-0.05, 0) is 26.8 Å². The monoisotopic (exact) mass is 219 g/mol. The van der Waals surface area contributed by atoms with Crippen molar-refractivity contribution in [1.82, 2.24) is 4.90 Å². The molecule has 0 aliphatic heterocycles. The molecule has 1 rings (SSSR count). The normalized spacial score (nSPS) is 28.3. The first kappa shape index (κ1) is 12.3. The largest absolute Gasteiger partial charge is 0.380 e. The molecule has 1 saturated carbocycles. The van der Waals surface area contributed by atoms with Crippen LogP contribution in [0.5, 0.6) is 0 Å². The predicted molar refractivity (Wildman–Crippen MR) is 61.0 cm³/mol. The number of likely N-dealkylation sites (N-methyl/N-ethyl adjacent to an activating group) is 1. The van der Waals surface area contributed by atoms with Crippen LogP contribution in [0, 0.1) is 0 Å². The molecule has 0 saturated heterocycles. The summed E-state index contributed by atoms with van der Waals surface area (Å²) in [4.78, 5) is 2.35. The minimum absolute atomic E-state index is 0.343. The van der Waals surface area contributed by atoms with E-state index in [9.17, 15) is 0 Å². The molecule has 0 spiro atoms. The molecule has 2 atom stereocenters. The lowest BCUT2D eigenvalue weighted by Crippen LogP contribution is -2.42. The summed E-state index contributed by atoms with van der Waals surface area (Å²) < 4.78 is 5.35. The Balaban J connectivity index is 2.23. The summed E-state index contributed by atoms with van der Waals surface area (Å²) in [5.74, 6) is 0. The van der Waals surface area contributed by atoms with Crippen LogP contribution in [0.25, 0.3) is 0 Å². The van der Waals surface area contributed by atoms with Gasteiger partial charge in [-0.1, -0.05) is 12.8 Å². The molecular weight excluding hydrogens is 198 g/mol. The molecule has 0 heterocycles. The number of nitrogens with zero attached hydrogens (tertiary/aromatic N) is 1. The maximum Gasteiger partial charge on any atom is 0.0593 e. The van der Waals surface area contributed by atoms with Crippen molar-refractivity contribution in [2.45, 2.75) is 44.0 Å². The Morgan fingerprint density at radius 1 is 1.36 bits per heavy atom. The van der Waals surface area contributed by atoms with E-state index >= 15 is 0 Å². The zero-order valence-electron chi connectivity index (χ0n) is 9.34. The lowest BCUT2D eigenvalue weighted by Gasteiger charge is -2.34. The Labute approximate surface area is 92.6 Å². The fraction of sp³-hybridized carbons (Fsp3) is 1.00. The van der Waals surface area contributed by atoms with Crippen molar-refractivity contribution in [1.29, 1.82) is 0 Å². The van der Waals surface area contributed by atoms with Crippen LogP contribution in [0.2, 0.25) is 0 Å². The fourth-order valence-electron chi connectivity index (χ4n) is 2.08. The van der Waals surface area contributed by atoms with Gasteiger partial charge in [-0.2, -0.15) is 0 Å². The average Bonchev–Trinajstić information content (AvgIpc) is 2.18. The van der Waals surface area contributed by atoms with E-state index in [1.54, 1.807) is 0 Å². The number of hydrogen-bond donors (Lipinski definition) is 0. The molecule has 1 aliphatic carbocycles. The summed E-state index contributed by atoms with van der Waals surface area (Å²) in [5.41, 5.74) is 0. The zero-order valence-corrected chi connectivity index (χ0v) is 10.1. The van der Waals surface area contributed by atoms with Crippen molar-refractivity contribution in [2.75, 3.05) is 26.8 Å². The third-order valence-corrected chi connectivity index (χ3v) is 3.51. The van der Waals surface area contributed by atoms with E-state index in [4.69, 9.17) is 16.3 Å². The Morgan fingerprint density at radius 2 is 2.07 bits per heavy atom. The van der Waals surface area contributed by atoms with Crippen molar-refractivity contribution >= 4 is 11.6 Å². The second-order valence-electron chi connectivity index (χ2n) is 4.05. The van der Waals surface area contributed by atoms with E-state index in [0.29, 0.717) is 11.4 Å². The highest BCUT2D eigenvalue weighted by Gasteiger charge is 2.26. The lowest BCUT2D eigenvalue weighted by atomic mass is 9.94. The molecule has 84 valence electrons. The summed E-state index contributed by atoms with van der Waals surface area (Å²) in [6, 6.07) is 0.561. The molecule has 14 heavy (non-hydrogen) atoms. The average molecular weight is 220 g/mol. The SMILES string of the molecule is CCOCCN(C)C1CCCCC1Cl. The summed E-state index contributed by atoms with van der Waals surface area (Å²) in [5, 5.41) is 0.343. The van der Waals surface area contributed by atoms with Crippen LogP contribution in [-0.4, -0.2) is 43.1 Å². The van der Waals surface area contributed by atoms with Gasteiger partial charge in [0, 0.05) is 24.6 Å².